The molecule has 0 unspecified atom stereocenters. The summed E-state index contributed by atoms with van der Waals surface area (Å²) in [5, 5.41) is 5.94. The van der Waals surface area contributed by atoms with Crippen LogP contribution < -0.4 is 10.6 Å². The van der Waals surface area contributed by atoms with Crippen LogP contribution in [0.5, 0.6) is 0 Å². The van der Waals surface area contributed by atoms with Gasteiger partial charge in [-0.2, -0.15) is 0 Å². The number of anilines is 1. The zero-order valence-electron chi connectivity index (χ0n) is 17.7. The van der Waals surface area contributed by atoms with Crippen molar-refractivity contribution in [2.45, 2.75) is 51.6 Å². The van der Waals surface area contributed by atoms with Crippen LogP contribution in [-0.4, -0.2) is 29.2 Å². The Morgan fingerprint density at radius 2 is 1.74 bits per heavy atom. The molecule has 2 aromatic carbocycles. The molecule has 0 radical (unpaired) electrons. The number of hydrogen-bond donors (Lipinski definition) is 2. The summed E-state index contributed by atoms with van der Waals surface area (Å²) in [5.74, 6) is 0.261. The standard InChI is InChI=1S/C25H29N3O3/c29-23-9-4-14-28(23)17-18-10-12-21(13-11-18)24(30)26-16-19-5-3-8-22(15-19)27-25(31)20-6-1-2-7-20/h3,5,8,10-13,15,20H,1-2,4,6-7,9,14,16-17H2,(H,26,30)(H,27,31). The lowest BCUT2D eigenvalue weighted by atomic mass is 10.1. The zero-order chi connectivity index (χ0) is 21.6. The largest absolute Gasteiger partial charge is 0.348 e. The average Bonchev–Trinajstić information content (AvgIpc) is 3.45. The van der Waals surface area contributed by atoms with Crippen molar-refractivity contribution in [3.63, 3.8) is 0 Å². The van der Waals surface area contributed by atoms with Gasteiger partial charge in [0.15, 0.2) is 0 Å². The summed E-state index contributed by atoms with van der Waals surface area (Å²) in [6.45, 7) is 1.79. The molecule has 6 nitrogen and oxygen atoms in total. The van der Waals surface area contributed by atoms with Gasteiger partial charge in [0.1, 0.15) is 0 Å². The molecule has 1 saturated heterocycles. The highest BCUT2D eigenvalue weighted by Gasteiger charge is 2.22. The molecule has 2 aliphatic rings. The number of nitrogens with one attached hydrogen (secondary N) is 2. The lowest BCUT2D eigenvalue weighted by Gasteiger charge is -2.15. The van der Waals surface area contributed by atoms with E-state index in [1.807, 2.05) is 41.3 Å². The molecule has 0 aromatic heterocycles. The number of nitrogens with zero attached hydrogens (tertiary/aromatic N) is 1. The smallest absolute Gasteiger partial charge is 0.251 e. The minimum atomic E-state index is -0.149. The Hall–Kier alpha value is -3.15. The summed E-state index contributed by atoms with van der Waals surface area (Å²) in [7, 11) is 0. The minimum absolute atomic E-state index is 0.0920. The second kappa shape index (κ2) is 9.77. The lowest BCUT2D eigenvalue weighted by molar-refractivity contribution is -0.128. The van der Waals surface area contributed by atoms with E-state index in [0.717, 1.165) is 55.5 Å². The van der Waals surface area contributed by atoms with Crippen LogP contribution in [0.2, 0.25) is 0 Å². The Balaban J connectivity index is 1.29. The van der Waals surface area contributed by atoms with Crippen LogP contribution in [0.1, 0.15) is 60.0 Å². The zero-order valence-corrected chi connectivity index (χ0v) is 17.7. The fourth-order valence-electron chi connectivity index (χ4n) is 4.33. The number of benzene rings is 2. The highest BCUT2D eigenvalue weighted by Crippen LogP contribution is 2.26. The van der Waals surface area contributed by atoms with Gasteiger partial charge in [0, 0.05) is 43.2 Å². The van der Waals surface area contributed by atoms with Crippen molar-refractivity contribution in [3.05, 3.63) is 65.2 Å². The molecule has 2 N–H and O–H groups in total. The van der Waals surface area contributed by atoms with Crippen LogP contribution in [0.15, 0.2) is 48.5 Å². The number of carbonyl (C=O) groups excluding carboxylic acids is 3. The lowest BCUT2D eigenvalue weighted by Crippen LogP contribution is -2.24. The maximum Gasteiger partial charge on any atom is 0.251 e. The van der Waals surface area contributed by atoms with E-state index in [0.29, 0.717) is 25.1 Å². The van der Waals surface area contributed by atoms with E-state index in [9.17, 15) is 14.4 Å². The van der Waals surface area contributed by atoms with Gasteiger partial charge in [-0.05, 0) is 54.7 Å². The Kier molecular flexibility index (Phi) is 6.65. The molecule has 2 aromatic rings. The molecule has 31 heavy (non-hydrogen) atoms. The molecule has 0 bridgehead atoms. The summed E-state index contributed by atoms with van der Waals surface area (Å²) in [4.78, 5) is 38.5. The van der Waals surface area contributed by atoms with Gasteiger partial charge in [0.2, 0.25) is 11.8 Å². The van der Waals surface area contributed by atoms with Gasteiger partial charge in [-0.1, -0.05) is 37.1 Å². The molecule has 1 heterocycles. The van der Waals surface area contributed by atoms with E-state index < -0.39 is 0 Å². The van der Waals surface area contributed by atoms with Crippen molar-refractivity contribution in [1.82, 2.24) is 10.2 Å². The number of likely N-dealkylation sites (tertiary alicyclic amines) is 1. The third-order valence-corrected chi connectivity index (χ3v) is 6.13. The predicted octanol–water partition coefficient (Wildman–Crippen LogP) is 3.87. The van der Waals surface area contributed by atoms with Gasteiger partial charge in [0.05, 0.1) is 0 Å². The first-order valence-corrected chi connectivity index (χ1v) is 11.1. The maximum atomic E-state index is 12.5. The predicted molar refractivity (Wildman–Crippen MR) is 119 cm³/mol. The topological polar surface area (TPSA) is 78.5 Å². The van der Waals surface area contributed by atoms with E-state index in [4.69, 9.17) is 0 Å². The molecule has 4 rings (SSSR count). The summed E-state index contributed by atoms with van der Waals surface area (Å²) < 4.78 is 0. The summed E-state index contributed by atoms with van der Waals surface area (Å²) in [6.07, 6.45) is 5.74. The van der Waals surface area contributed by atoms with Crippen molar-refractivity contribution in [2.75, 3.05) is 11.9 Å². The van der Waals surface area contributed by atoms with Gasteiger partial charge in [-0.3, -0.25) is 14.4 Å². The van der Waals surface area contributed by atoms with Crippen molar-refractivity contribution in [2.24, 2.45) is 5.92 Å². The Bertz CT molecular complexity index is 949. The molecule has 1 aliphatic heterocycles. The SMILES string of the molecule is O=C(NCc1cccc(NC(=O)C2CCCC2)c1)c1ccc(CN2CCCC2=O)cc1. The Morgan fingerprint density at radius 3 is 2.45 bits per heavy atom. The van der Waals surface area contributed by atoms with Gasteiger partial charge in [-0.15, -0.1) is 0 Å². The number of amides is 3. The second-order valence-electron chi connectivity index (χ2n) is 8.47. The minimum Gasteiger partial charge on any atom is -0.348 e. The van der Waals surface area contributed by atoms with Gasteiger partial charge >= 0.3 is 0 Å². The highest BCUT2D eigenvalue weighted by atomic mass is 16.2. The van der Waals surface area contributed by atoms with E-state index in [-0.39, 0.29) is 23.6 Å². The molecular weight excluding hydrogens is 390 g/mol. The number of rotatable bonds is 7. The van der Waals surface area contributed by atoms with Gasteiger partial charge < -0.3 is 15.5 Å². The monoisotopic (exact) mass is 419 g/mol. The molecule has 6 heteroatoms. The van der Waals surface area contributed by atoms with Crippen molar-refractivity contribution in [1.29, 1.82) is 0 Å². The Morgan fingerprint density at radius 1 is 0.968 bits per heavy atom. The number of hydrogen-bond acceptors (Lipinski definition) is 3. The third kappa shape index (κ3) is 5.51. The van der Waals surface area contributed by atoms with Crippen LogP contribution in [0.4, 0.5) is 5.69 Å². The second-order valence-corrected chi connectivity index (χ2v) is 8.47. The first-order valence-electron chi connectivity index (χ1n) is 11.1. The van der Waals surface area contributed by atoms with Crippen molar-refractivity contribution < 1.29 is 14.4 Å². The average molecular weight is 420 g/mol. The van der Waals surface area contributed by atoms with Gasteiger partial charge in [-0.25, -0.2) is 0 Å². The Labute approximate surface area is 183 Å². The molecule has 3 amide bonds. The van der Waals surface area contributed by atoms with Crippen LogP contribution in [0.3, 0.4) is 0 Å². The third-order valence-electron chi connectivity index (χ3n) is 6.13. The molecule has 162 valence electrons. The van der Waals surface area contributed by atoms with Crippen molar-refractivity contribution >= 4 is 23.4 Å². The van der Waals surface area contributed by atoms with E-state index in [1.54, 1.807) is 12.1 Å². The maximum absolute atomic E-state index is 12.5. The first kappa shape index (κ1) is 21.1. The highest BCUT2D eigenvalue weighted by molar-refractivity contribution is 5.94. The van der Waals surface area contributed by atoms with Crippen LogP contribution in [-0.2, 0) is 22.7 Å². The number of carbonyl (C=O) groups is 3. The van der Waals surface area contributed by atoms with Crippen LogP contribution in [0, 0.1) is 5.92 Å². The molecule has 2 fully saturated rings. The van der Waals surface area contributed by atoms with E-state index in [2.05, 4.69) is 10.6 Å². The first-order chi connectivity index (χ1) is 15.1. The quantitative estimate of drug-likeness (QED) is 0.715. The summed E-state index contributed by atoms with van der Waals surface area (Å²) >= 11 is 0. The summed E-state index contributed by atoms with van der Waals surface area (Å²) in [6, 6.07) is 15.0. The molecule has 0 atom stereocenters. The van der Waals surface area contributed by atoms with E-state index >= 15 is 0 Å². The van der Waals surface area contributed by atoms with Gasteiger partial charge in [0.25, 0.3) is 5.91 Å². The van der Waals surface area contributed by atoms with Crippen molar-refractivity contribution in [3.8, 4) is 0 Å². The van der Waals surface area contributed by atoms with Crippen LogP contribution >= 0.6 is 0 Å². The van der Waals surface area contributed by atoms with E-state index in [1.165, 1.54) is 0 Å². The molecular formula is C25H29N3O3. The fraction of sp³-hybridized carbons (Fsp3) is 0.400. The normalized spacial score (nSPS) is 16.5. The molecule has 1 saturated carbocycles. The van der Waals surface area contributed by atoms with Crippen LogP contribution in [0.25, 0.3) is 0 Å². The molecule has 1 aliphatic carbocycles. The fourth-order valence-corrected chi connectivity index (χ4v) is 4.33. The summed E-state index contributed by atoms with van der Waals surface area (Å²) in [5.41, 5.74) is 3.31. The molecule has 0 spiro atoms.